The molecule has 8 nitrogen and oxygen atoms in total. The highest BCUT2D eigenvalue weighted by Crippen LogP contribution is 2.14. The van der Waals surface area contributed by atoms with Crippen molar-refractivity contribution in [1.29, 1.82) is 0 Å². The highest BCUT2D eigenvalue weighted by atomic mass is 16.6. The Hall–Kier alpha value is -2.00. The average molecular weight is 763 g/mol. The molecule has 0 aromatic heterocycles. The van der Waals surface area contributed by atoms with Gasteiger partial charge in [0.2, 0.25) is 0 Å². The number of ether oxygens (including phenoxy) is 6. The van der Waals surface area contributed by atoms with Gasteiger partial charge in [-0.25, -0.2) is 0 Å². The van der Waals surface area contributed by atoms with Gasteiger partial charge < -0.3 is 28.4 Å². The van der Waals surface area contributed by atoms with Crippen molar-refractivity contribution < 1.29 is 38.0 Å². The normalized spacial score (nSPS) is 12.5. The zero-order chi connectivity index (χ0) is 39.2. The molecule has 0 saturated carbocycles. The van der Waals surface area contributed by atoms with Gasteiger partial charge in [0.25, 0.3) is 0 Å². The van der Waals surface area contributed by atoms with Crippen LogP contribution in [-0.4, -0.2) is 63.8 Å². The summed E-state index contributed by atoms with van der Waals surface area (Å²) >= 11 is 0. The van der Waals surface area contributed by atoms with Crippen LogP contribution in [0.3, 0.4) is 0 Å². The number of rotatable bonds is 40. The average Bonchev–Trinajstić information content (AvgIpc) is 3.16. The number of benzene rings is 1. The molecule has 1 aromatic rings. The van der Waals surface area contributed by atoms with Gasteiger partial charge in [-0.2, -0.15) is 0 Å². The van der Waals surface area contributed by atoms with E-state index in [1.165, 1.54) is 116 Å². The molecule has 1 rings (SSSR count). The lowest BCUT2D eigenvalue weighted by Crippen LogP contribution is -2.21. The van der Waals surface area contributed by atoms with E-state index in [4.69, 9.17) is 28.4 Å². The maximum atomic E-state index is 12.1. The minimum absolute atomic E-state index is 0.130. The molecule has 0 N–H and O–H groups in total. The molecule has 0 radical (unpaired) electrons. The Morgan fingerprint density at radius 2 is 0.704 bits per heavy atom. The highest BCUT2D eigenvalue weighted by Gasteiger charge is 2.11. The van der Waals surface area contributed by atoms with Crippen LogP contribution in [0.15, 0.2) is 24.3 Å². The first-order chi connectivity index (χ1) is 26.4. The third-order valence-corrected chi connectivity index (χ3v) is 9.64. The summed E-state index contributed by atoms with van der Waals surface area (Å²) in [6.07, 6.45) is 28.3. The molecule has 0 spiro atoms. The van der Waals surface area contributed by atoms with Crippen molar-refractivity contribution in [3.8, 4) is 0 Å². The summed E-state index contributed by atoms with van der Waals surface area (Å²) in [6.45, 7) is 11.9. The van der Waals surface area contributed by atoms with Gasteiger partial charge in [-0.05, 0) is 37.8 Å². The maximum absolute atomic E-state index is 12.1. The summed E-state index contributed by atoms with van der Waals surface area (Å²) in [5, 5.41) is 0. The van der Waals surface area contributed by atoms with E-state index in [1.54, 1.807) is 0 Å². The molecule has 0 saturated heterocycles. The standard InChI is InChI=1S/C46H82O8/c1-5-7-9-11-13-15-17-19-21-23-25-27-45(47)53-41(3)37-49-33-35-51-39-43-29-31-44(32-30-43)40-52-36-34-50-38-42(4)54-46(48)28-26-24-22-20-18-16-14-12-10-8-6-2/h29-32,41-42H,5-28,33-40H2,1-4H3. The second kappa shape index (κ2) is 37.9. The third-order valence-electron chi connectivity index (χ3n) is 9.64. The van der Waals surface area contributed by atoms with Crippen molar-refractivity contribution in [3.63, 3.8) is 0 Å². The Morgan fingerprint density at radius 1 is 0.426 bits per heavy atom. The predicted octanol–water partition coefficient (Wildman–Crippen LogP) is 12.0. The van der Waals surface area contributed by atoms with Gasteiger partial charge in [0.15, 0.2) is 0 Å². The molecule has 0 heterocycles. The molecule has 0 aliphatic heterocycles. The van der Waals surface area contributed by atoms with Crippen molar-refractivity contribution in [2.45, 2.75) is 207 Å². The second-order valence-corrected chi connectivity index (χ2v) is 15.2. The van der Waals surface area contributed by atoms with Crippen LogP contribution in [0.5, 0.6) is 0 Å². The molecule has 8 heteroatoms. The Balaban J connectivity index is 1.93. The van der Waals surface area contributed by atoms with Gasteiger partial charge in [-0.1, -0.05) is 167 Å². The van der Waals surface area contributed by atoms with Crippen LogP contribution in [0.2, 0.25) is 0 Å². The number of esters is 2. The topological polar surface area (TPSA) is 89.5 Å². The van der Waals surface area contributed by atoms with Gasteiger partial charge in [0.1, 0.15) is 12.2 Å². The van der Waals surface area contributed by atoms with Crippen LogP contribution in [0.4, 0.5) is 0 Å². The van der Waals surface area contributed by atoms with E-state index >= 15 is 0 Å². The van der Waals surface area contributed by atoms with Crippen molar-refractivity contribution in [1.82, 2.24) is 0 Å². The first kappa shape index (κ1) is 50.0. The first-order valence-corrected chi connectivity index (χ1v) is 22.2. The number of carbonyl (C=O) groups is 2. The second-order valence-electron chi connectivity index (χ2n) is 15.2. The Morgan fingerprint density at radius 3 is 1.02 bits per heavy atom. The molecular formula is C46H82O8. The van der Waals surface area contributed by atoms with Crippen LogP contribution >= 0.6 is 0 Å². The van der Waals surface area contributed by atoms with E-state index in [9.17, 15) is 9.59 Å². The van der Waals surface area contributed by atoms with Crippen LogP contribution in [0, 0.1) is 0 Å². The zero-order valence-electron chi connectivity index (χ0n) is 35.4. The number of hydrogen-bond donors (Lipinski definition) is 0. The van der Waals surface area contributed by atoms with Gasteiger partial charge in [0, 0.05) is 12.8 Å². The van der Waals surface area contributed by atoms with Crippen LogP contribution < -0.4 is 0 Å². The van der Waals surface area contributed by atoms with Crippen LogP contribution in [0.1, 0.15) is 193 Å². The molecule has 0 aliphatic rings. The zero-order valence-corrected chi connectivity index (χ0v) is 35.4. The quantitative estimate of drug-likeness (QED) is 0.0482. The van der Waals surface area contributed by atoms with Gasteiger partial charge in [-0.3, -0.25) is 9.59 Å². The van der Waals surface area contributed by atoms with Crippen LogP contribution in [0.25, 0.3) is 0 Å². The number of hydrogen-bond acceptors (Lipinski definition) is 8. The van der Waals surface area contributed by atoms with Crippen molar-refractivity contribution in [2.75, 3.05) is 39.6 Å². The Bertz CT molecular complexity index is 891. The maximum Gasteiger partial charge on any atom is 0.306 e. The summed E-state index contributed by atoms with van der Waals surface area (Å²) in [7, 11) is 0. The van der Waals surface area contributed by atoms with Gasteiger partial charge in [-0.15, -0.1) is 0 Å². The van der Waals surface area contributed by atoms with E-state index in [2.05, 4.69) is 13.8 Å². The molecule has 0 fully saturated rings. The van der Waals surface area contributed by atoms with Crippen molar-refractivity contribution >= 4 is 11.9 Å². The summed E-state index contributed by atoms with van der Waals surface area (Å²) in [4.78, 5) is 24.3. The summed E-state index contributed by atoms with van der Waals surface area (Å²) in [6, 6.07) is 8.17. The van der Waals surface area contributed by atoms with E-state index in [1.807, 2.05) is 38.1 Å². The van der Waals surface area contributed by atoms with Gasteiger partial charge in [0.05, 0.1) is 52.9 Å². The van der Waals surface area contributed by atoms with Crippen LogP contribution in [-0.2, 0) is 51.2 Å². The number of carbonyl (C=O) groups excluding carboxylic acids is 2. The van der Waals surface area contributed by atoms with Crippen molar-refractivity contribution in [2.24, 2.45) is 0 Å². The fourth-order valence-corrected chi connectivity index (χ4v) is 6.35. The van der Waals surface area contributed by atoms with Crippen molar-refractivity contribution in [3.05, 3.63) is 35.4 Å². The molecule has 2 atom stereocenters. The number of unbranched alkanes of at least 4 members (excludes halogenated alkanes) is 20. The SMILES string of the molecule is CCCCCCCCCCCCCC(=O)OC(C)COCCOCc1ccc(COCCOCC(C)OC(=O)CCCCCCCCCCCCC)cc1. The molecule has 1 aromatic carbocycles. The lowest BCUT2D eigenvalue weighted by Gasteiger charge is -2.14. The molecule has 0 aliphatic carbocycles. The summed E-state index contributed by atoms with van der Waals surface area (Å²) < 4.78 is 33.8. The molecular weight excluding hydrogens is 680 g/mol. The minimum Gasteiger partial charge on any atom is -0.460 e. The molecule has 0 bridgehead atoms. The smallest absolute Gasteiger partial charge is 0.306 e. The first-order valence-electron chi connectivity index (χ1n) is 22.2. The molecule has 0 amide bonds. The van der Waals surface area contributed by atoms with E-state index < -0.39 is 0 Å². The van der Waals surface area contributed by atoms with E-state index in [0.29, 0.717) is 65.7 Å². The van der Waals surface area contributed by atoms with Gasteiger partial charge >= 0.3 is 11.9 Å². The molecule has 314 valence electrons. The third kappa shape index (κ3) is 33.3. The predicted molar refractivity (Wildman–Crippen MR) is 221 cm³/mol. The van der Waals surface area contributed by atoms with E-state index in [0.717, 1.165) is 36.8 Å². The highest BCUT2D eigenvalue weighted by molar-refractivity contribution is 5.69. The lowest BCUT2D eigenvalue weighted by atomic mass is 10.1. The molecule has 2 unspecified atom stereocenters. The molecule has 54 heavy (non-hydrogen) atoms. The Labute approximate surface area is 331 Å². The minimum atomic E-state index is -0.256. The fourth-order valence-electron chi connectivity index (χ4n) is 6.35. The largest absolute Gasteiger partial charge is 0.460 e. The Kier molecular flexibility index (Phi) is 35.1. The lowest BCUT2D eigenvalue weighted by molar-refractivity contribution is -0.152. The summed E-state index contributed by atoms with van der Waals surface area (Å²) in [5.41, 5.74) is 2.16. The monoisotopic (exact) mass is 763 g/mol. The fraction of sp³-hybridized carbons (Fsp3) is 0.826. The van der Waals surface area contributed by atoms with E-state index in [-0.39, 0.29) is 24.1 Å². The summed E-state index contributed by atoms with van der Waals surface area (Å²) in [5.74, 6) is -0.260.